The monoisotopic (exact) mass is 678 g/mol. The Bertz CT molecular complexity index is 1590. The average Bonchev–Trinajstić information content (AvgIpc) is 3.11. The summed E-state index contributed by atoms with van der Waals surface area (Å²) in [6.07, 6.45) is -2.25. The fraction of sp³-hybridized carbons (Fsp3) is 0.250. The van der Waals surface area contributed by atoms with Crippen LogP contribution in [0.25, 0.3) is 0 Å². The Morgan fingerprint density at radius 1 is 0.478 bits per heavy atom. The SMILES string of the molecule is Brc1cccc(C2O[C@H](COCc3ccccc3)[C@@H](OCc3ccccc3)[C@H](OCc3ccccc3)[C@H]2OCc2ccccc2)c1. The highest BCUT2D eigenvalue weighted by Gasteiger charge is 2.49. The molecule has 236 valence electrons. The first-order valence-corrected chi connectivity index (χ1v) is 16.5. The molecule has 5 nitrogen and oxygen atoms in total. The van der Waals surface area contributed by atoms with Crippen molar-refractivity contribution in [3.8, 4) is 0 Å². The van der Waals surface area contributed by atoms with Gasteiger partial charge in [0, 0.05) is 4.47 Å². The van der Waals surface area contributed by atoms with E-state index in [2.05, 4.69) is 76.6 Å². The molecule has 5 aromatic carbocycles. The van der Waals surface area contributed by atoms with Gasteiger partial charge in [0.15, 0.2) is 0 Å². The third kappa shape index (κ3) is 9.01. The number of benzene rings is 5. The van der Waals surface area contributed by atoms with E-state index in [-0.39, 0.29) is 0 Å². The Morgan fingerprint density at radius 3 is 1.43 bits per heavy atom. The quantitative estimate of drug-likeness (QED) is 0.117. The molecule has 5 aromatic rings. The van der Waals surface area contributed by atoms with Gasteiger partial charge in [0.05, 0.1) is 33.0 Å². The predicted molar refractivity (Wildman–Crippen MR) is 183 cm³/mol. The lowest BCUT2D eigenvalue weighted by Crippen LogP contribution is -2.58. The third-order valence-corrected chi connectivity index (χ3v) is 8.55. The molecular formula is C40H39BrO5. The molecule has 0 aromatic heterocycles. The highest BCUT2D eigenvalue weighted by atomic mass is 79.9. The summed E-state index contributed by atoms with van der Waals surface area (Å²) < 4.78 is 34.7. The van der Waals surface area contributed by atoms with E-state index in [4.69, 9.17) is 23.7 Å². The lowest BCUT2D eigenvalue weighted by atomic mass is 9.90. The summed E-state index contributed by atoms with van der Waals surface area (Å²) in [5.74, 6) is 0. The van der Waals surface area contributed by atoms with Crippen LogP contribution >= 0.6 is 15.9 Å². The van der Waals surface area contributed by atoms with Gasteiger partial charge in [-0.2, -0.15) is 0 Å². The maximum atomic E-state index is 6.97. The number of hydrogen-bond acceptors (Lipinski definition) is 5. The molecule has 0 aliphatic carbocycles. The largest absolute Gasteiger partial charge is 0.374 e. The molecule has 6 rings (SSSR count). The molecule has 1 saturated heterocycles. The smallest absolute Gasteiger partial charge is 0.117 e. The van der Waals surface area contributed by atoms with Crippen molar-refractivity contribution in [3.05, 3.63) is 178 Å². The van der Waals surface area contributed by atoms with Gasteiger partial charge in [0.1, 0.15) is 30.5 Å². The summed E-state index contributed by atoms with van der Waals surface area (Å²) in [5.41, 5.74) is 5.32. The van der Waals surface area contributed by atoms with Crippen molar-refractivity contribution in [2.45, 2.75) is 56.9 Å². The van der Waals surface area contributed by atoms with Crippen LogP contribution in [0.15, 0.2) is 150 Å². The molecule has 5 atom stereocenters. The van der Waals surface area contributed by atoms with Crippen molar-refractivity contribution < 1.29 is 23.7 Å². The van der Waals surface area contributed by atoms with Crippen LogP contribution in [0.5, 0.6) is 0 Å². The standard InChI is InChI=1S/C40H39BrO5/c41-35-23-13-22-34(24-35)37-39(44-27-32-18-9-3-10-19-32)40(45-28-33-20-11-4-12-21-33)38(43-26-31-16-7-2-8-17-31)36(46-37)29-42-25-30-14-5-1-6-15-30/h1-24,36-40H,25-29H2/t36-,37?,38-,39+,40+/m1/s1. The Kier molecular flexibility index (Phi) is 11.8. The average molecular weight is 680 g/mol. The van der Waals surface area contributed by atoms with Crippen LogP contribution in [0, 0.1) is 0 Å². The van der Waals surface area contributed by atoms with Crippen molar-refractivity contribution in [2.75, 3.05) is 6.61 Å². The number of halogens is 1. The molecule has 1 fully saturated rings. The summed E-state index contributed by atoms with van der Waals surface area (Å²) in [7, 11) is 0. The second kappa shape index (κ2) is 16.8. The van der Waals surface area contributed by atoms with Crippen LogP contribution in [0.2, 0.25) is 0 Å². The van der Waals surface area contributed by atoms with Gasteiger partial charge in [-0.1, -0.05) is 149 Å². The Morgan fingerprint density at radius 2 is 0.935 bits per heavy atom. The Hall–Kier alpha value is -3.62. The molecule has 1 aliphatic heterocycles. The van der Waals surface area contributed by atoms with Crippen molar-refractivity contribution in [3.63, 3.8) is 0 Å². The van der Waals surface area contributed by atoms with Gasteiger partial charge in [0.2, 0.25) is 0 Å². The molecule has 0 saturated carbocycles. The highest BCUT2D eigenvalue weighted by molar-refractivity contribution is 9.10. The molecule has 0 amide bonds. The molecule has 0 spiro atoms. The minimum atomic E-state index is -0.469. The highest BCUT2D eigenvalue weighted by Crippen LogP contribution is 2.39. The van der Waals surface area contributed by atoms with Crippen molar-refractivity contribution in [1.29, 1.82) is 0 Å². The van der Waals surface area contributed by atoms with E-state index in [9.17, 15) is 0 Å². The zero-order valence-corrected chi connectivity index (χ0v) is 27.3. The van der Waals surface area contributed by atoms with E-state index in [0.717, 1.165) is 32.3 Å². The van der Waals surface area contributed by atoms with Gasteiger partial charge in [-0.25, -0.2) is 0 Å². The Labute approximate surface area is 280 Å². The fourth-order valence-electron chi connectivity index (χ4n) is 5.74. The van der Waals surface area contributed by atoms with Gasteiger partial charge < -0.3 is 23.7 Å². The molecule has 1 heterocycles. The molecule has 1 unspecified atom stereocenters. The summed E-state index contributed by atoms with van der Waals surface area (Å²) in [4.78, 5) is 0. The molecule has 1 aliphatic rings. The van der Waals surface area contributed by atoms with Crippen molar-refractivity contribution in [2.24, 2.45) is 0 Å². The van der Waals surface area contributed by atoms with E-state index in [1.54, 1.807) is 0 Å². The molecule has 0 radical (unpaired) electrons. The summed E-state index contributed by atoms with van der Waals surface area (Å²) >= 11 is 3.67. The summed E-state index contributed by atoms with van der Waals surface area (Å²) in [6.45, 7) is 2.02. The topological polar surface area (TPSA) is 46.2 Å². The molecular weight excluding hydrogens is 640 g/mol. The predicted octanol–water partition coefficient (Wildman–Crippen LogP) is 8.86. The van der Waals surface area contributed by atoms with Gasteiger partial charge in [-0.15, -0.1) is 0 Å². The van der Waals surface area contributed by atoms with Gasteiger partial charge >= 0.3 is 0 Å². The zero-order valence-electron chi connectivity index (χ0n) is 25.7. The van der Waals surface area contributed by atoms with Crippen LogP contribution in [-0.2, 0) is 50.1 Å². The number of hydrogen-bond donors (Lipinski definition) is 0. The maximum absolute atomic E-state index is 6.97. The van der Waals surface area contributed by atoms with E-state index < -0.39 is 30.5 Å². The molecule has 6 heteroatoms. The van der Waals surface area contributed by atoms with Gasteiger partial charge in [0.25, 0.3) is 0 Å². The van der Waals surface area contributed by atoms with Crippen LogP contribution in [0.3, 0.4) is 0 Å². The van der Waals surface area contributed by atoms with Crippen LogP contribution in [-0.4, -0.2) is 31.0 Å². The summed E-state index contributed by atoms with van der Waals surface area (Å²) in [5, 5.41) is 0. The van der Waals surface area contributed by atoms with E-state index in [0.29, 0.717) is 33.0 Å². The summed E-state index contributed by atoms with van der Waals surface area (Å²) in [6, 6.07) is 49.0. The van der Waals surface area contributed by atoms with Crippen molar-refractivity contribution in [1.82, 2.24) is 0 Å². The van der Waals surface area contributed by atoms with E-state index in [1.165, 1.54) is 0 Å². The van der Waals surface area contributed by atoms with E-state index >= 15 is 0 Å². The van der Waals surface area contributed by atoms with Gasteiger partial charge in [-0.3, -0.25) is 0 Å². The Balaban J connectivity index is 1.34. The first-order chi connectivity index (χ1) is 22.7. The first kappa shape index (κ1) is 32.3. The first-order valence-electron chi connectivity index (χ1n) is 15.7. The number of rotatable bonds is 14. The van der Waals surface area contributed by atoms with E-state index in [1.807, 2.05) is 84.9 Å². The third-order valence-electron chi connectivity index (χ3n) is 8.06. The second-order valence-electron chi connectivity index (χ2n) is 11.4. The fourth-order valence-corrected chi connectivity index (χ4v) is 6.16. The van der Waals surface area contributed by atoms with Crippen LogP contribution in [0.1, 0.15) is 33.9 Å². The van der Waals surface area contributed by atoms with Crippen LogP contribution in [0.4, 0.5) is 0 Å². The lowest BCUT2D eigenvalue weighted by molar-refractivity contribution is -0.275. The van der Waals surface area contributed by atoms with Crippen LogP contribution < -0.4 is 0 Å². The lowest BCUT2D eigenvalue weighted by Gasteiger charge is -2.46. The minimum absolute atomic E-state index is 0.329. The zero-order chi connectivity index (χ0) is 31.4. The minimum Gasteiger partial charge on any atom is -0.374 e. The molecule has 0 N–H and O–H groups in total. The van der Waals surface area contributed by atoms with Gasteiger partial charge in [-0.05, 0) is 39.9 Å². The maximum Gasteiger partial charge on any atom is 0.117 e. The molecule has 46 heavy (non-hydrogen) atoms. The van der Waals surface area contributed by atoms with Crippen molar-refractivity contribution >= 4 is 15.9 Å². The molecule has 0 bridgehead atoms. The number of ether oxygens (including phenoxy) is 5. The normalized spacial score (nSPS) is 21.2. The second-order valence-corrected chi connectivity index (χ2v) is 12.4.